The molecule has 4 bridgehead atoms. The second-order valence-electron chi connectivity index (χ2n) is 10.7. The predicted octanol–water partition coefficient (Wildman–Crippen LogP) is 3.26. The summed E-state index contributed by atoms with van der Waals surface area (Å²) < 4.78 is 22.6. The number of nitrogens with one attached hydrogen (secondary N) is 2. The average molecular weight is 588 g/mol. The Labute approximate surface area is 251 Å². The van der Waals surface area contributed by atoms with E-state index in [1.54, 1.807) is 19.2 Å². The van der Waals surface area contributed by atoms with Crippen LogP contribution in [-0.2, 0) is 33.8 Å². The Hall–Kier alpha value is -4.57. The molecule has 1 fully saturated rings. The number of hydrogen-bond donors (Lipinski definition) is 2. The Morgan fingerprint density at radius 1 is 0.977 bits per heavy atom. The SMILES string of the molecule is COC(=O)c1cccc(CN2CC[C@H]3Oc4ccc(cc4)CNC(=O)CCc4ccc(c(OC)c4)OCC(=O)N[C@@H]3C2)c1. The van der Waals surface area contributed by atoms with Gasteiger partial charge in [-0.25, -0.2) is 4.79 Å². The zero-order valence-electron chi connectivity index (χ0n) is 24.5. The van der Waals surface area contributed by atoms with Gasteiger partial charge in [0.15, 0.2) is 18.1 Å². The van der Waals surface area contributed by atoms with Crippen molar-refractivity contribution < 1.29 is 33.3 Å². The zero-order valence-corrected chi connectivity index (χ0v) is 24.5. The number of ether oxygens (including phenoxy) is 4. The van der Waals surface area contributed by atoms with Crippen molar-refractivity contribution in [3.63, 3.8) is 0 Å². The molecule has 3 aromatic rings. The van der Waals surface area contributed by atoms with E-state index in [1.165, 1.54) is 7.11 Å². The van der Waals surface area contributed by atoms with E-state index in [4.69, 9.17) is 18.9 Å². The molecule has 0 radical (unpaired) electrons. The van der Waals surface area contributed by atoms with Crippen LogP contribution in [0.5, 0.6) is 17.2 Å². The van der Waals surface area contributed by atoms with Gasteiger partial charge in [0, 0.05) is 32.6 Å². The molecule has 5 heterocycles. The molecule has 43 heavy (non-hydrogen) atoms. The number of esters is 1. The lowest BCUT2D eigenvalue weighted by molar-refractivity contribution is -0.125. The summed E-state index contributed by atoms with van der Waals surface area (Å²) in [5.41, 5.74) is 3.37. The van der Waals surface area contributed by atoms with E-state index in [2.05, 4.69) is 15.5 Å². The van der Waals surface area contributed by atoms with Crippen LogP contribution in [0.2, 0.25) is 0 Å². The summed E-state index contributed by atoms with van der Waals surface area (Å²) in [6.07, 6.45) is 1.29. The van der Waals surface area contributed by atoms with Crippen molar-refractivity contribution in [1.82, 2.24) is 15.5 Å². The highest BCUT2D eigenvalue weighted by molar-refractivity contribution is 5.89. The van der Waals surface area contributed by atoms with Gasteiger partial charge in [0.2, 0.25) is 5.91 Å². The second kappa shape index (κ2) is 14.1. The predicted molar refractivity (Wildman–Crippen MR) is 159 cm³/mol. The van der Waals surface area contributed by atoms with Gasteiger partial charge in [0.1, 0.15) is 11.9 Å². The number of methoxy groups -OCH3 is 2. The number of likely N-dealkylation sites (tertiary alicyclic amines) is 1. The number of nitrogens with zero attached hydrogens (tertiary/aromatic N) is 1. The molecule has 3 aromatic carbocycles. The van der Waals surface area contributed by atoms with Crippen LogP contribution in [0.3, 0.4) is 0 Å². The van der Waals surface area contributed by atoms with Gasteiger partial charge in [0.25, 0.3) is 5.91 Å². The van der Waals surface area contributed by atoms with E-state index in [0.29, 0.717) is 61.7 Å². The number of carbonyl (C=O) groups is 3. The average Bonchev–Trinajstić information content (AvgIpc) is 3.03. The lowest BCUT2D eigenvalue weighted by atomic mass is 10.0. The van der Waals surface area contributed by atoms with E-state index < -0.39 is 0 Å². The van der Waals surface area contributed by atoms with Crippen LogP contribution in [0.25, 0.3) is 0 Å². The monoisotopic (exact) mass is 587 g/mol. The number of piperidine rings is 1. The van der Waals surface area contributed by atoms with Crippen molar-refractivity contribution in [2.24, 2.45) is 0 Å². The number of benzene rings is 3. The Balaban J connectivity index is 1.34. The van der Waals surface area contributed by atoms with Gasteiger partial charge in [-0.3, -0.25) is 14.5 Å². The van der Waals surface area contributed by atoms with E-state index in [0.717, 1.165) is 23.2 Å². The Bertz CT molecular complexity index is 1440. The first-order chi connectivity index (χ1) is 20.9. The highest BCUT2D eigenvalue weighted by Gasteiger charge is 2.32. The van der Waals surface area contributed by atoms with Gasteiger partial charge in [-0.2, -0.15) is 0 Å². The molecule has 2 amide bonds. The number of hydrogen-bond acceptors (Lipinski definition) is 8. The van der Waals surface area contributed by atoms with Crippen molar-refractivity contribution >= 4 is 17.8 Å². The van der Waals surface area contributed by atoms with Crippen LogP contribution in [0.15, 0.2) is 66.7 Å². The number of aryl methyl sites for hydroxylation is 1. The van der Waals surface area contributed by atoms with E-state index in [1.807, 2.05) is 54.6 Å². The molecule has 226 valence electrons. The third-order valence-electron chi connectivity index (χ3n) is 7.66. The van der Waals surface area contributed by atoms with Gasteiger partial charge in [-0.05, 0) is 65.9 Å². The second-order valence-corrected chi connectivity index (χ2v) is 10.7. The third-order valence-corrected chi connectivity index (χ3v) is 7.66. The minimum Gasteiger partial charge on any atom is -0.493 e. The lowest BCUT2D eigenvalue weighted by Gasteiger charge is -2.39. The molecule has 0 spiro atoms. The molecule has 1 saturated heterocycles. The lowest BCUT2D eigenvalue weighted by Crippen LogP contribution is -2.57. The summed E-state index contributed by atoms with van der Waals surface area (Å²) in [6, 6.07) is 20.2. The Morgan fingerprint density at radius 2 is 1.79 bits per heavy atom. The standard InChI is InChI=1S/C33H37N3O7/c1-40-30-17-22-8-12-29(30)42-21-32(38)35-27-20-36(19-24-4-3-5-25(16-24)33(39)41-2)15-14-28(27)43-26-10-6-23(7-11-26)18-34-31(37)13-9-22/h3-8,10-12,16-17,27-28H,9,13-15,18-21H2,1-2H3,(H,34,37)(H,35,38)/t27-,28-/m1/s1. The molecule has 0 saturated carbocycles. The van der Waals surface area contributed by atoms with Crippen LogP contribution in [0.4, 0.5) is 0 Å². The topological polar surface area (TPSA) is 115 Å². The summed E-state index contributed by atoms with van der Waals surface area (Å²) in [6.45, 7) is 2.11. The highest BCUT2D eigenvalue weighted by atomic mass is 16.5. The van der Waals surface area contributed by atoms with E-state index >= 15 is 0 Å². The Morgan fingerprint density at radius 3 is 2.58 bits per heavy atom. The normalized spacial score (nSPS) is 19.7. The van der Waals surface area contributed by atoms with Crippen molar-refractivity contribution in [2.45, 2.75) is 44.5 Å². The number of rotatable bonds is 4. The smallest absolute Gasteiger partial charge is 0.337 e. The fourth-order valence-electron chi connectivity index (χ4n) is 5.38. The molecule has 10 nitrogen and oxygen atoms in total. The summed E-state index contributed by atoms with van der Waals surface area (Å²) in [4.78, 5) is 39.9. The number of carbonyl (C=O) groups excluding carboxylic acids is 3. The highest BCUT2D eigenvalue weighted by Crippen LogP contribution is 2.29. The van der Waals surface area contributed by atoms with Gasteiger partial charge >= 0.3 is 5.97 Å². The van der Waals surface area contributed by atoms with Gasteiger partial charge in [-0.1, -0.05) is 30.3 Å². The maximum Gasteiger partial charge on any atom is 0.337 e. The van der Waals surface area contributed by atoms with Gasteiger partial charge in [-0.15, -0.1) is 0 Å². The fraction of sp³-hybridized carbons (Fsp3) is 0.364. The quantitative estimate of drug-likeness (QED) is 0.447. The molecule has 2 atom stereocenters. The van der Waals surface area contributed by atoms with E-state index in [9.17, 15) is 14.4 Å². The summed E-state index contributed by atoms with van der Waals surface area (Å²) >= 11 is 0. The molecular weight excluding hydrogens is 550 g/mol. The molecule has 8 rings (SSSR count). The molecule has 2 N–H and O–H groups in total. The maximum atomic E-state index is 13.1. The first-order valence-corrected chi connectivity index (χ1v) is 14.4. The zero-order chi connectivity index (χ0) is 30.2. The number of amides is 2. The maximum absolute atomic E-state index is 13.1. The van der Waals surface area contributed by atoms with Crippen LogP contribution in [0.1, 0.15) is 39.9 Å². The van der Waals surface area contributed by atoms with Crippen LogP contribution < -0.4 is 24.8 Å². The largest absolute Gasteiger partial charge is 0.493 e. The van der Waals surface area contributed by atoms with Crippen molar-refractivity contribution in [1.29, 1.82) is 0 Å². The molecular formula is C33H37N3O7. The first kappa shape index (κ1) is 29.9. The van der Waals surface area contributed by atoms with Gasteiger partial charge < -0.3 is 29.6 Å². The minimum atomic E-state index is -0.379. The van der Waals surface area contributed by atoms with Crippen molar-refractivity contribution in [3.8, 4) is 17.2 Å². The van der Waals surface area contributed by atoms with Crippen LogP contribution >= 0.6 is 0 Å². The fourth-order valence-corrected chi connectivity index (χ4v) is 5.38. The summed E-state index contributed by atoms with van der Waals surface area (Å²) in [7, 11) is 2.91. The minimum absolute atomic E-state index is 0.0441. The van der Waals surface area contributed by atoms with Crippen molar-refractivity contribution in [2.75, 3.05) is 33.9 Å². The summed E-state index contributed by atoms with van der Waals surface area (Å²) in [5.74, 6) is 0.935. The molecule has 10 heteroatoms. The molecule has 0 aromatic heterocycles. The molecule has 0 aliphatic carbocycles. The summed E-state index contributed by atoms with van der Waals surface area (Å²) in [5, 5.41) is 6.10. The first-order valence-electron chi connectivity index (χ1n) is 14.4. The third kappa shape index (κ3) is 8.04. The van der Waals surface area contributed by atoms with Crippen LogP contribution in [-0.4, -0.2) is 68.7 Å². The Kier molecular flexibility index (Phi) is 9.78. The molecule has 5 aliphatic rings. The van der Waals surface area contributed by atoms with Crippen LogP contribution in [0, 0.1) is 0 Å². The molecule has 0 unspecified atom stereocenters. The van der Waals surface area contributed by atoms with Crippen molar-refractivity contribution in [3.05, 3.63) is 89.0 Å². The van der Waals surface area contributed by atoms with E-state index in [-0.39, 0.29) is 36.5 Å². The van der Waals surface area contributed by atoms with Gasteiger partial charge in [0.05, 0.1) is 25.8 Å². The molecule has 5 aliphatic heterocycles.